The van der Waals surface area contributed by atoms with Gasteiger partial charge in [-0.05, 0) is 6.42 Å². The zero-order chi connectivity index (χ0) is 29.2. The van der Waals surface area contributed by atoms with Crippen molar-refractivity contribution in [3.05, 3.63) is 0 Å². The van der Waals surface area contributed by atoms with Crippen molar-refractivity contribution >= 4 is 5.91 Å². The minimum atomic E-state index is -1.76. The van der Waals surface area contributed by atoms with Crippen LogP contribution < -0.4 is 28.3 Å². The number of carbonyl (C=O) groups excluding carboxylic acids is 1. The molecule has 0 aromatic heterocycles. The molecule has 2 aliphatic heterocycles. The van der Waals surface area contributed by atoms with Gasteiger partial charge >= 0.3 is 0 Å². The standard InChI is InChI=1S/C21H41N5O13/c22-2-7(28)19(35)26-6-1-5(24)17(38-21-15(33)14(32)12(30)8(3-23)36-21)16(34)18(6)39-20-13(31)10(25)11(29)9(4-27)37-20/h5-18,20-21,27-34H,1-4,22-25H2,(H,26,35)/t5?,6?,7?,8?,9?,10-,11+,12+,13?,14-,15?,16-,17+,18?,20+,21-/m0/s1. The molecule has 1 saturated carbocycles. The van der Waals surface area contributed by atoms with Gasteiger partial charge in [0.2, 0.25) is 5.91 Å². The Morgan fingerprint density at radius 1 is 0.846 bits per heavy atom. The molecule has 2 saturated heterocycles. The lowest BCUT2D eigenvalue weighted by molar-refractivity contribution is -0.332. The molecule has 228 valence electrons. The third-order valence-corrected chi connectivity index (χ3v) is 7.29. The van der Waals surface area contributed by atoms with Crippen LogP contribution >= 0.6 is 0 Å². The summed E-state index contributed by atoms with van der Waals surface area (Å²) >= 11 is 0. The van der Waals surface area contributed by atoms with E-state index in [2.05, 4.69) is 5.32 Å². The summed E-state index contributed by atoms with van der Waals surface area (Å²) in [7, 11) is 0. The van der Waals surface area contributed by atoms with E-state index >= 15 is 0 Å². The minimum Gasteiger partial charge on any atom is -0.394 e. The van der Waals surface area contributed by atoms with Crippen molar-refractivity contribution in [3.8, 4) is 0 Å². The first-order chi connectivity index (χ1) is 18.4. The highest BCUT2D eigenvalue weighted by Gasteiger charge is 2.52. The van der Waals surface area contributed by atoms with Crippen LogP contribution in [0, 0.1) is 0 Å². The summed E-state index contributed by atoms with van der Waals surface area (Å²) in [6, 6.07) is -3.48. The van der Waals surface area contributed by atoms with Crippen LogP contribution in [0.5, 0.6) is 0 Å². The van der Waals surface area contributed by atoms with Crippen molar-refractivity contribution in [3.63, 3.8) is 0 Å². The molecule has 17 N–H and O–H groups in total. The van der Waals surface area contributed by atoms with E-state index in [0.29, 0.717) is 0 Å². The topological polar surface area (TPSA) is 332 Å². The molecular formula is C21H41N5O13. The van der Waals surface area contributed by atoms with E-state index in [4.69, 9.17) is 41.9 Å². The quantitative estimate of drug-likeness (QED) is 0.122. The molecule has 18 nitrogen and oxygen atoms in total. The Hall–Kier alpha value is -1.17. The van der Waals surface area contributed by atoms with Gasteiger partial charge in [-0.3, -0.25) is 4.79 Å². The Morgan fingerprint density at radius 2 is 1.44 bits per heavy atom. The Morgan fingerprint density at radius 3 is 2.03 bits per heavy atom. The van der Waals surface area contributed by atoms with Crippen LogP contribution in [0.2, 0.25) is 0 Å². The predicted octanol–water partition coefficient (Wildman–Crippen LogP) is -8.81. The maximum absolute atomic E-state index is 12.4. The first-order valence-electron chi connectivity index (χ1n) is 12.6. The van der Waals surface area contributed by atoms with E-state index in [-0.39, 0.29) is 13.0 Å². The van der Waals surface area contributed by atoms with Gasteiger partial charge in [0.05, 0.1) is 18.7 Å². The van der Waals surface area contributed by atoms with Crippen molar-refractivity contribution in [1.82, 2.24) is 5.32 Å². The molecule has 3 fully saturated rings. The highest BCUT2D eigenvalue weighted by molar-refractivity contribution is 5.81. The van der Waals surface area contributed by atoms with E-state index < -0.39 is 117 Å². The van der Waals surface area contributed by atoms with Gasteiger partial charge in [0.25, 0.3) is 0 Å². The van der Waals surface area contributed by atoms with Crippen molar-refractivity contribution in [2.45, 2.75) is 104 Å². The lowest BCUT2D eigenvalue weighted by Gasteiger charge is -2.49. The second kappa shape index (κ2) is 13.7. The Labute approximate surface area is 223 Å². The Bertz CT molecular complexity index is 799. The normalized spacial score (nSPS) is 47.9. The summed E-state index contributed by atoms with van der Waals surface area (Å²) in [5.74, 6) is -0.908. The first-order valence-corrected chi connectivity index (χ1v) is 12.6. The number of nitrogens with two attached hydrogens (primary N) is 4. The maximum Gasteiger partial charge on any atom is 0.250 e. The zero-order valence-corrected chi connectivity index (χ0v) is 21.0. The van der Waals surface area contributed by atoms with Gasteiger partial charge in [-0.2, -0.15) is 0 Å². The third kappa shape index (κ3) is 6.84. The van der Waals surface area contributed by atoms with Gasteiger partial charge in [-0.15, -0.1) is 0 Å². The highest BCUT2D eigenvalue weighted by Crippen LogP contribution is 2.32. The number of hydrogen-bond acceptors (Lipinski definition) is 17. The second-order valence-electron chi connectivity index (χ2n) is 9.99. The highest BCUT2D eigenvalue weighted by atomic mass is 16.7. The SMILES string of the molecule is NCC(O)C(=O)NC1CC(N)[C@@H](O[C@@H]2OC(CN)[C@@H](O)[C@H](O)C2O)[C@H](O)C1O[C@H]1OC(CO)[C@@H](O)[C@H](N)C1O. The maximum atomic E-state index is 12.4. The molecule has 3 aliphatic rings. The van der Waals surface area contributed by atoms with Crippen LogP contribution in [0.4, 0.5) is 0 Å². The average Bonchev–Trinajstić information content (AvgIpc) is 2.92. The predicted molar refractivity (Wildman–Crippen MR) is 127 cm³/mol. The number of hydrogen-bond donors (Lipinski definition) is 13. The summed E-state index contributed by atoms with van der Waals surface area (Å²) in [5.41, 5.74) is 23.0. The van der Waals surface area contributed by atoms with Gasteiger partial charge in [-0.25, -0.2) is 0 Å². The molecule has 8 unspecified atom stereocenters. The summed E-state index contributed by atoms with van der Waals surface area (Å²) < 4.78 is 22.4. The summed E-state index contributed by atoms with van der Waals surface area (Å²) in [6.45, 7) is -1.32. The molecule has 16 atom stereocenters. The van der Waals surface area contributed by atoms with Gasteiger partial charge in [0, 0.05) is 19.1 Å². The molecule has 0 aromatic rings. The van der Waals surface area contributed by atoms with E-state index in [0.717, 1.165) is 0 Å². The van der Waals surface area contributed by atoms with E-state index in [9.17, 15) is 45.6 Å². The second-order valence-corrected chi connectivity index (χ2v) is 9.99. The molecule has 0 radical (unpaired) electrons. The number of carbonyl (C=O) groups is 1. The van der Waals surface area contributed by atoms with Crippen LogP contribution in [0.1, 0.15) is 6.42 Å². The third-order valence-electron chi connectivity index (χ3n) is 7.29. The van der Waals surface area contributed by atoms with Crippen LogP contribution in [-0.4, -0.2) is 164 Å². The number of ether oxygens (including phenoxy) is 4. The monoisotopic (exact) mass is 571 g/mol. The molecule has 3 rings (SSSR count). The average molecular weight is 572 g/mol. The Kier molecular flexibility index (Phi) is 11.3. The molecule has 0 aromatic carbocycles. The fourth-order valence-corrected chi connectivity index (χ4v) is 4.89. The van der Waals surface area contributed by atoms with Gasteiger partial charge in [0.15, 0.2) is 12.6 Å². The number of aliphatic hydroxyl groups excluding tert-OH is 8. The van der Waals surface area contributed by atoms with Crippen molar-refractivity contribution in [2.75, 3.05) is 19.7 Å². The molecule has 0 bridgehead atoms. The molecule has 0 spiro atoms. The van der Waals surface area contributed by atoms with E-state index in [1.807, 2.05) is 0 Å². The zero-order valence-electron chi connectivity index (χ0n) is 21.0. The molecule has 39 heavy (non-hydrogen) atoms. The summed E-state index contributed by atoms with van der Waals surface area (Å²) in [5, 5.41) is 84.4. The first kappa shape index (κ1) is 32.3. The fraction of sp³-hybridized carbons (Fsp3) is 0.952. The molecule has 1 amide bonds. The van der Waals surface area contributed by atoms with Gasteiger partial charge in [-0.1, -0.05) is 0 Å². The number of aliphatic hydroxyl groups is 8. The van der Waals surface area contributed by atoms with Crippen LogP contribution in [0.3, 0.4) is 0 Å². The summed E-state index contributed by atoms with van der Waals surface area (Å²) in [6.07, 6.45) is -19.9. The lowest BCUT2D eigenvalue weighted by atomic mass is 9.83. The van der Waals surface area contributed by atoms with Gasteiger partial charge in [0.1, 0.15) is 67.1 Å². The molecule has 18 heteroatoms. The minimum absolute atomic E-state index is 0.148. The number of amides is 1. The summed E-state index contributed by atoms with van der Waals surface area (Å²) in [4.78, 5) is 12.4. The van der Waals surface area contributed by atoms with Crippen molar-refractivity contribution in [1.29, 1.82) is 0 Å². The van der Waals surface area contributed by atoms with Crippen LogP contribution in [0.15, 0.2) is 0 Å². The van der Waals surface area contributed by atoms with Crippen LogP contribution in [0.25, 0.3) is 0 Å². The smallest absolute Gasteiger partial charge is 0.250 e. The van der Waals surface area contributed by atoms with Crippen molar-refractivity contribution < 1.29 is 64.6 Å². The molecular weight excluding hydrogens is 530 g/mol. The number of nitrogens with one attached hydrogen (secondary N) is 1. The van der Waals surface area contributed by atoms with E-state index in [1.165, 1.54) is 0 Å². The lowest BCUT2D eigenvalue weighted by Crippen LogP contribution is -2.69. The van der Waals surface area contributed by atoms with Gasteiger partial charge < -0.3 is 88.1 Å². The number of rotatable bonds is 9. The fourth-order valence-electron chi connectivity index (χ4n) is 4.89. The van der Waals surface area contributed by atoms with Crippen molar-refractivity contribution in [2.24, 2.45) is 22.9 Å². The van der Waals surface area contributed by atoms with Crippen LogP contribution in [-0.2, 0) is 23.7 Å². The molecule has 1 aliphatic carbocycles. The molecule has 2 heterocycles. The Balaban J connectivity index is 1.85. The largest absolute Gasteiger partial charge is 0.394 e. The van der Waals surface area contributed by atoms with E-state index in [1.54, 1.807) is 0 Å².